The van der Waals surface area contributed by atoms with Gasteiger partial charge in [0, 0.05) is 43.8 Å². The molecule has 0 aliphatic carbocycles. The number of nitrogens with zero attached hydrogens (tertiary/aromatic N) is 4. The molecule has 3 aromatic heterocycles. The lowest BCUT2D eigenvalue weighted by atomic mass is 9.93. The van der Waals surface area contributed by atoms with Gasteiger partial charge in [-0.15, -0.1) is 0 Å². The van der Waals surface area contributed by atoms with Crippen molar-refractivity contribution in [2.24, 2.45) is 0 Å². The molecular formula is C46H28N4. The molecule has 1 aliphatic rings. The Morgan fingerprint density at radius 3 is 1.54 bits per heavy atom. The van der Waals surface area contributed by atoms with E-state index in [-0.39, 0.29) is 0 Å². The summed E-state index contributed by atoms with van der Waals surface area (Å²) in [5.74, 6) is 0.647. The number of fused-ring (bicyclic) bond motifs is 11. The van der Waals surface area contributed by atoms with E-state index in [1.807, 2.05) is 12.1 Å². The topological polar surface area (TPSA) is 35.6 Å². The van der Waals surface area contributed by atoms with Crippen LogP contribution in [0.5, 0.6) is 0 Å². The van der Waals surface area contributed by atoms with Gasteiger partial charge in [-0.2, -0.15) is 0 Å². The highest BCUT2D eigenvalue weighted by molar-refractivity contribution is 6.18. The Labute approximate surface area is 288 Å². The summed E-state index contributed by atoms with van der Waals surface area (Å²) in [6, 6.07) is 60.7. The van der Waals surface area contributed by atoms with Crippen LogP contribution in [-0.4, -0.2) is 19.1 Å². The van der Waals surface area contributed by atoms with Gasteiger partial charge in [-0.3, -0.25) is 4.57 Å². The normalized spacial score (nSPS) is 12.0. The fourth-order valence-electron chi connectivity index (χ4n) is 8.11. The van der Waals surface area contributed by atoms with Gasteiger partial charge < -0.3 is 4.57 Å². The molecule has 10 aromatic rings. The average molecular weight is 637 g/mol. The molecule has 7 aromatic carbocycles. The molecule has 4 nitrogen and oxygen atoms in total. The lowest BCUT2D eigenvalue weighted by molar-refractivity contribution is 0.994. The van der Waals surface area contributed by atoms with Crippen molar-refractivity contribution in [3.05, 3.63) is 170 Å². The molecule has 0 amide bonds. The largest absolute Gasteiger partial charge is 0.308 e. The van der Waals surface area contributed by atoms with Crippen LogP contribution in [0.4, 0.5) is 0 Å². The number of rotatable bonds is 3. The van der Waals surface area contributed by atoms with E-state index in [1.54, 1.807) is 0 Å². The molecule has 0 radical (unpaired) electrons. The van der Waals surface area contributed by atoms with E-state index < -0.39 is 0 Å². The first-order valence-corrected chi connectivity index (χ1v) is 17.0. The van der Waals surface area contributed by atoms with Crippen LogP contribution in [0.15, 0.2) is 170 Å². The van der Waals surface area contributed by atoms with Crippen LogP contribution in [0.3, 0.4) is 0 Å². The number of benzene rings is 7. The molecule has 4 heterocycles. The molecule has 0 bridgehead atoms. The highest BCUT2D eigenvalue weighted by Gasteiger charge is 2.26. The standard InChI is InChI=1S/C46H28N4/c1-3-14-29(15-4-1)39-27-40(30-16-5-2-6-17-30)48-46(47-39)50-42-25-12-10-21-34(42)38-26-37-32-19-8-7-18-31(32)35-22-13-23-36-33-20-9-11-24-41(33)49(45(35)36)43(37)28-44(38)50/h1-28H. The molecule has 1 aliphatic heterocycles. The van der Waals surface area contributed by atoms with E-state index >= 15 is 0 Å². The summed E-state index contributed by atoms with van der Waals surface area (Å²) in [5.41, 5.74) is 14.5. The number of hydrogen-bond acceptors (Lipinski definition) is 2. The molecule has 0 saturated carbocycles. The Morgan fingerprint density at radius 1 is 0.340 bits per heavy atom. The predicted molar refractivity (Wildman–Crippen MR) is 206 cm³/mol. The highest BCUT2D eigenvalue weighted by Crippen LogP contribution is 2.48. The molecule has 0 unspecified atom stereocenters. The Balaban J connectivity index is 1.30. The highest BCUT2D eigenvalue weighted by atomic mass is 15.2. The Morgan fingerprint density at radius 2 is 0.860 bits per heavy atom. The van der Waals surface area contributed by atoms with Crippen molar-refractivity contribution in [1.82, 2.24) is 19.1 Å². The Hall–Kier alpha value is -6.78. The minimum absolute atomic E-state index is 0.647. The van der Waals surface area contributed by atoms with Gasteiger partial charge >= 0.3 is 0 Å². The van der Waals surface area contributed by atoms with Crippen LogP contribution in [-0.2, 0) is 0 Å². The minimum atomic E-state index is 0.647. The maximum absolute atomic E-state index is 5.30. The van der Waals surface area contributed by atoms with E-state index in [1.165, 1.54) is 54.8 Å². The lowest BCUT2D eigenvalue weighted by Gasteiger charge is -2.15. The van der Waals surface area contributed by atoms with E-state index in [0.29, 0.717) is 5.95 Å². The third-order valence-electron chi connectivity index (χ3n) is 10.3. The van der Waals surface area contributed by atoms with Gasteiger partial charge in [-0.1, -0.05) is 140 Å². The summed E-state index contributed by atoms with van der Waals surface area (Å²) in [6.45, 7) is 0. The first-order chi connectivity index (χ1) is 24.8. The van der Waals surface area contributed by atoms with Gasteiger partial charge in [0.15, 0.2) is 0 Å². The third kappa shape index (κ3) is 3.81. The second-order valence-corrected chi connectivity index (χ2v) is 13.0. The van der Waals surface area contributed by atoms with E-state index in [9.17, 15) is 0 Å². The van der Waals surface area contributed by atoms with Crippen molar-refractivity contribution in [3.63, 3.8) is 0 Å². The van der Waals surface area contributed by atoms with E-state index in [0.717, 1.165) is 39.2 Å². The summed E-state index contributed by atoms with van der Waals surface area (Å²) < 4.78 is 4.74. The zero-order valence-electron chi connectivity index (χ0n) is 27.0. The molecule has 11 rings (SSSR count). The van der Waals surface area contributed by atoms with Crippen LogP contribution < -0.4 is 0 Å². The van der Waals surface area contributed by atoms with Crippen LogP contribution in [0.2, 0.25) is 0 Å². The van der Waals surface area contributed by atoms with Crippen LogP contribution in [0, 0.1) is 0 Å². The first-order valence-electron chi connectivity index (χ1n) is 17.0. The average Bonchev–Trinajstić information content (AvgIpc) is 3.66. The molecule has 4 heteroatoms. The molecule has 50 heavy (non-hydrogen) atoms. The van der Waals surface area contributed by atoms with E-state index in [2.05, 4.69) is 167 Å². The molecule has 0 spiro atoms. The Kier molecular flexibility index (Phi) is 5.63. The minimum Gasteiger partial charge on any atom is -0.308 e. The zero-order chi connectivity index (χ0) is 32.8. The molecular weight excluding hydrogens is 609 g/mol. The molecule has 0 fully saturated rings. The summed E-state index contributed by atoms with van der Waals surface area (Å²) >= 11 is 0. The van der Waals surface area contributed by atoms with Crippen molar-refractivity contribution in [2.45, 2.75) is 0 Å². The smallest absolute Gasteiger partial charge is 0.235 e. The summed E-state index contributed by atoms with van der Waals surface area (Å²) in [6.07, 6.45) is 0. The second kappa shape index (κ2) is 10.4. The molecule has 0 atom stereocenters. The number of hydrogen-bond donors (Lipinski definition) is 0. The van der Waals surface area contributed by atoms with Gasteiger partial charge in [0.25, 0.3) is 0 Å². The van der Waals surface area contributed by atoms with Crippen LogP contribution >= 0.6 is 0 Å². The maximum Gasteiger partial charge on any atom is 0.235 e. The van der Waals surface area contributed by atoms with Gasteiger partial charge in [-0.05, 0) is 41.5 Å². The van der Waals surface area contributed by atoms with Crippen LogP contribution in [0.25, 0.3) is 100 Å². The Bertz CT molecular complexity index is 2910. The van der Waals surface area contributed by atoms with Crippen molar-refractivity contribution in [1.29, 1.82) is 0 Å². The van der Waals surface area contributed by atoms with Gasteiger partial charge in [0.05, 0.1) is 39.1 Å². The SMILES string of the molecule is c1ccc(-c2cc(-c3ccccc3)nc(-n3c4ccccc4c4cc5c(cc43)-n3c4ccccc4c4cccc(c43)-c3ccccc3-5)n2)cc1. The second-order valence-electron chi connectivity index (χ2n) is 13.0. The summed E-state index contributed by atoms with van der Waals surface area (Å²) in [5, 5.41) is 4.85. The van der Waals surface area contributed by atoms with Crippen LogP contribution in [0.1, 0.15) is 0 Å². The summed E-state index contributed by atoms with van der Waals surface area (Å²) in [7, 11) is 0. The van der Waals surface area contributed by atoms with Crippen molar-refractivity contribution in [2.75, 3.05) is 0 Å². The zero-order valence-corrected chi connectivity index (χ0v) is 27.0. The fraction of sp³-hybridized carbons (Fsp3) is 0. The first kappa shape index (κ1) is 27.2. The monoisotopic (exact) mass is 636 g/mol. The quantitative estimate of drug-likeness (QED) is 0.193. The van der Waals surface area contributed by atoms with Crippen molar-refractivity contribution >= 4 is 43.6 Å². The van der Waals surface area contributed by atoms with Crippen molar-refractivity contribution in [3.8, 4) is 56.4 Å². The van der Waals surface area contributed by atoms with E-state index in [4.69, 9.17) is 9.97 Å². The van der Waals surface area contributed by atoms with Gasteiger partial charge in [-0.25, -0.2) is 9.97 Å². The summed E-state index contributed by atoms with van der Waals surface area (Å²) in [4.78, 5) is 10.6. The maximum atomic E-state index is 5.30. The molecule has 0 saturated heterocycles. The molecule has 232 valence electrons. The lowest BCUT2D eigenvalue weighted by Crippen LogP contribution is -2.04. The number of aromatic nitrogens is 4. The van der Waals surface area contributed by atoms with Crippen molar-refractivity contribution < 1.29 is 0 Å². The fourth-order valence-corrected chi connectivity index (χ4v) is 8.11. The van der Waals surface area contributed by atoms with Gasteiger partial charge in [0.1, 0.15) is 0 Å². The van der Waals surface area contributed by atoms with Gasteiger partial charge in [0.2, 0.25) is 5.95 Å². The number of para-hydroxylation sites is 3. The third-order valence-corrected chi connectivity index (χ3v) is 10.3. The predicted octanol–water partition coefficient (Wildman–Crippen LogP) is 11.7. The molecule has 0 N–H and O–H groups in total.